The third-order valence-electron chi connectivity index (χ3n) is 3.06. The molecule has 0 aliphatic heterocycles. The first-order valence-corrected chi connectivity index (χ1v) is 6.74. The second-order valence-electron chi connectivity index (χ2n) is 4.45. The van der Waals surface area contributed by atoms with Crippen LogP contribution < -0.4 is 4.74 Å². The Morgan fingerprint density at radius 3 is 2.30 bits per heavy atom. The molecule has 0 aliphatic carbocycles. The number of aliphatic carboxylic acids is 2. The lowest BCUT2D eigenvalue weighted by Gasteiger charge is -2.19. The zero-order chi connectivity index (χ0) is 15.1. The van der Waals surface area contributed by atoms with Gasteiger partial charge in [-0.3, -0.25) is 9.59 Å². The molecule has 2 N–H and O–H groups in total. The van der Waals surface area contributed by atoms with E-state index in [1.807, 2.05) is 0 Å². The first-order valence-electron chi connectivity index (χ1n) is 6.22. The maximum absolute atomic E-state index is 11.3. The zero-order valence-electron chi connectivity index (χ0n) is 11.2. The Balaban J connectivity index is 2.73. The van der Waals surface area contributed by atoms with Crippen molar-refractivity contribution in [2.45, 2.75) is 24.5 Å². The molecule has 0 heterocycles. The summed E-state index contributed by atoms with van der Waals surface area (Å²) in [5.74, 6) is -1.92. The Morgan fingerprint density at radius 1 is 1.25 bits per heavy atom. The highest BCUT2D eigenvalue weighted by Crippen LogP contribution is 2.33. The van der Waals surface area contributed by atoms with E-state index in [9.17, 15) is 14.7 Å². The molecule has 0 fully saturated rings. The van der Waals surface area contributed by atoms with E-state index in [4.69, 9.17) is 9.84 Å². The number of rotatable bonds is 8. The van der Waals surface area contributed by atoms with Gasteiger partial charge in [0.05, 0.1) is 13.0 Å². The van der Waals surface area contributed by atoms with Gasteiger partial charge >= 0.3 is 11.9 Å². The lowest BCUT2D eigenvalue weighted by Crippen LogP contribution is -2.19. The van der Waals surface area contributed by atoms with Crippen LogP contribution >= 0.6 is 12.6 Å². The summed E-state index contributed by atoms with van der Waals surface area (Å²) in [5.41, 5.74) is 0.775. The fourth-order valence-corrected chi connectivity index (χ4v) is 2.37. The van der Waals surface area contributed by atoms with Crippen LogP contribution in [0.5, 0.6) is 5.75 Å². The predicted octanol–water partition coefficient (Wildman–Crippen LogP) is 2.62. The highest BCUT2D eigenvalue weighted by Gasteiger charge is 2.26. The van der Waals surface area contributed by atoms with Gasteiger partial charge in [0.1, 0.15) is 5.75 Å². The lowest BCUT2D eigenvalue weighted by atomic mass is 9.93. The average molecular weight is 298 g/mol. The molecule has 1 rings (SSSR count). The van der Waals surface area contributed by atoms with Crippen molar-refractivity contribution in [3.8, 4) is 5.75 Å². The molecule has 6 heteroatoms. The van der Waals surface area contributed by atoms with Gasteiger partial charge in [0, 0.05) is 11.7 Å². The number of ether oxygens (including phenoxy) is 1. The van der Waals surface area contributed by atoms with Crippen molar-refractivity contribution in [2.75, 3.05) is 7.11 Å². The average Bonchev–Trinajstić information content (AvgIpc) is 2.42. The van der Waals surface area contributed by atoms with Crippen LogP contribution in [0.1, 0.15) is 30.1 Å². The number of benzene rings is 1. The minimum Gasteiger partial charge on any atom is -0.497 e. The Kier molecular flexibility index (Phi) is 6.38. The van der Waals surface area contributed by atoms with Crippen LogP contribution in [-0.4, -0.2) is 29.3 Å². The summed E-state index contributed by atoms with van der Waals surface area (Å²) in [4.78, 5) is 21.8. The van der Waals surface area contributed by atoms with Gasteiger partial charge in [0.25, 0.3) is 0 Å². The summed E-state index contributed by atoms with van der Waals surface area (Å²) in [6.07, 6.45) is 0.564. The molecule has 1 aromatic carbocycles. The van der Waals surface area contributed by atoms with Gasteiger partial charge < -0.3 is 14.9 Å². The fourth-order valence-electron chi connectivity index (χ4n) is 1.92. The van der Waals surface area contributed by atoms with Gasteiger partial charge in [0.15, 0.2) is 0 Å². The second kappa shape index (κ2) is 7.79. The zero-order valence-corrected chi connectivity index (χ0v) is 12.0. The molecule has 0 bridgehead atoms. The van der Waals surface area contributed by atoms with Crippen LogP contribution in [0.4, 0.5) is 0 Å². The number of carboxylic acids is 2. The SMILES string of the molecule is COc1ccc(C(S)C(CCCC(=O)O)C(=O)O)cc1. The van der Waals surface area contributed by atoms with E-state index >= 15 is 0 Å². The van der Waals surface area contributed by atoms with E-state index in [2.05, 4.69) is 12.6 Å². The van der Waals surface area contributed by atoms with Gasteiger partial charge in [-0.25, -0.2) is 0 Å². The Bertz CT molecular complexity index is 457. The first-order chi connectivity index (χ1) is 9.45. The number of hydrogen-bond donors (Lipinski definition) is 3. The molecule has 0 aliphatic rings. The number of methoxy groups -OCH3 is 1. The first kappa shape index (κ1) is 16.4. The second-order valence-corrected chi connectivity index (χ2v) is 5.01. The van der Waals surface area contributed by atoms with E-state index in [-0.39, 0.29) is 12.8 Å². The Labute approximate surface area is 123 Å². The molecular formula is C14H18O5S. The number of thiol groups is 1. The van der Waals surface area contributed by atoms with E-state index in [0.717, 1.165) is 5.56 Å². The molecule has 0 radical (unpaired) electrons. The molecule has 0 amide bonds. The molecule has 2 atom stereocenters. The van der Waals surface area contributed by atoms with Crippen LogP contribution in [-0.2, 0) is 9.59 Å². The van der Waals surface area contributed by atoms with Crippen LogP contribution in [0.3, 0.4) is 0 Å². The number of carboxylic acid groups (broad SMARTS) is 2. The highest BCUT2D eigenvalue weighted by atomic mass is 32.1. The third-order valence-corrected chi connectivity index (χ3v) is 3.72. The highest BCUT2D eigenvalue weighted by molar-refractivity contribution is 7.80. The topological polar surface area (TPSA) is 83.8 Å². The van der Waals surface area contributed by atoms with Crippen LogP contribution in [0, 0.1) is 5.92 Å². The van der Waals surface area contributed by atoms with E-state index in [0.29, 0.717) is 12.2 Å². The third kappa shape index (κ3) is 4.77. The standard InChI is InChI=1S/C14H18O5S/c1-19-10-7-5-9(6-8-10)13(20)11(14(17)18)3-2-4-12(15)16/h5-8,11,13,20H,2-4H2,1H3,(H,15,16)(H,17,18). The molecule has 0 spiro atoms. The van der Waals surface area contributed by atoms with E-state index < -0.39 is 23.1 Å². The van der Waals surface area contributed by atoms with Crippen molar-refractivity contribution < 1.29 is 24.5 Å². The van der Waals surface area contributed by atoms with Crippen LogP contribution in [0.2, 0.25) is 0 Å². The summed E-state index contributed by atoms with van der Waals surface area (Å²) >= 11 is 4.37. The molecule has 1 aromatic rings. The van der Waals surface area contributed by atoms with Crippen molar-refractivity contribution >= 4 is 24.6 Å². The predicted molar refractivity (Wildman–Crippen MR) is 77.3 cm³/mol. The lowest BCUT2D eigenvalue weighted by molar-refractivity contribution is -0.143. The van der Waals surface area contributed by atoms with Crippen molar-refractivity contribution in [3.63, 3.8) is 0 Å². The fraction of sp³-hybridized carbons (Fsp3) is 0.429. The molecule has 0 saturated heterocycles. The van der Waals surface area contributed by atoms with Gasteiger partial charge in [-0.2, -0.15) is 12.6 Å². The van der Waals surface area contributed by atoms with Crippen molar-refractivity contribution in [2.24, 2.45) is 5.92 Å². The van der Waals surface area contributed by atoms with E-state index in [1.165, 1.54) is 0 Å². The normalized spacial score (nSPS) is 13.5. The van der Waals surface area contributed by atoms with Crippen LogP contribution in [0.25, 0.3) is 0 Å². The smallest absolute Gasteiger partial charge is 0.307 e. The summed E-state index contributed by atoms with van der Waals surface area (Å²) in [7, 11) is 1.55. The largest absolute Gasteiger partial charge is 0.497 e. The molecule has 2 unspecified atom stereocenters. The minimum atomic E-state index is -0.966. The molecule has 5 nitrogen and oxygen atoms in total. The molecule has 110 valence electrons. The van der Waals surface area contributed by atoms with Gasteiger partial charge in [-0.05, 0) is 30.5 Å². The minimum absolute atomic E-state index is 0.0348. The van der Waals surface area contributed by atoms with Crippen molar-refractivity contribution in [1.82, 2.24) is 0 Å². The van der Waals surface area contributed by atoms with E-state index in [1.54, 1.807) is 31.4 Å². The summed E-state index contributed by atoms with van der Waals surface area (Å²) in [6.45, 7) is 0. The molecule has 0 saturated carbocycles. The van der Waals surface area contributed by atoms with Gasteiger partial charge in [-0.1, -0.05) is 12.1 Å². The molecule has 20 heavy (non-hydrogen) atoms. The molecule has 0 aromatic heterocycles. The monoisotopic (exact) mass is 298 g/mol. The number of carbonyl (C=O) groups is 2. The quantitative estimate of drug-likeness (QED) is 0.643. The Hall–Kier alpha value is -1.69. The van der Waals surface area contributed by atoms with Crippen LogP contribution in [0.15, 0.2) is 24.3 Å². The maximum atomic E-state index is 11.3. The van der Waals surface area contributed by atoms with Gasteiger partial charge in [0.2, 0.25) is 0 Å². The summed E-state index contributed by atoms with van der Waals surface area (Å²) in [5, 5.41) is 17.4. The molecular weight excluding hydrogens is 280 g/mol. The summed E-state index contributed by atoms with van der Waals surface area (Å²) in [6, 6.07) is 7.02. The van der Waals surface area contributed by atoms with Crippen molar-refractivity contribution in [3.05, 3.63) is 29.8 Å². The van der Waals surface area contributed by atoms with Crippen molar-refractivity contribution in [1.29, 1.82) is 0 Å². The number of hydrogen-bond acceptors (Lipinski definition) is 4. The van der Waals surface area contributed by atoms with Gasteiger partial charge in [-0.15, -0.1) is 0 Å². The Morgan fingerprint density at radius 2 is 1.85 bits per heavy atom. The summed E-state index contributed by atoms with van der Waals surface area (Å²) < 4.78 is 5.04. The maximum Gasteiger partial charge on any atom is 0.307 e.